The fraction of sp³-hybridized carbons (Fsp3) is 0.731. The topological polar surface area (TPSA) is 295 Å². The van der Waals surface area contributed by atoms with E-state index < -0.39 is 72.3 Å². The van der Waals surface area contributed by atoms with E-state index in [2.05, 4.69) is 39.4 Å². The van der Waals surface area contributed by atoms with Crippen LogP contribution in [0.5, 0.6) is 0 Å². The van der Waals surface area contributed by atoms with Crippen molar-refractivity contribution in [3.63, 3.8) is 0 Å². The van der Waals surface area contributed by atoms with Crippen LogP contribution in [0.25, 0.3) is 11.2 Å². The quantitative estimate of drug-likeness (QED) is 0.0500. The Morgan fingerprint density at radius 3 is 2.31 bits per heavy atom. The minimum atomic E-state index is -5.22. The number of hydrogen-bond donors (Lipinski definition) is 6. The van der Waals surface area contributed by atoms with Gasteiger partial charge in [0.15, 0.2) is 17.0 Å². The summed E-state index contributed by atoms with van der Waals surface area (Å²) in [5.41, 5.74) is 1.35. The van der Waals surface area contributed by atoms with Crippen LogP contribution >= 0.6 is 15.6 Å². The summed E-state index contributed by atoms with van der Waals surface area (Å²) in [6.07, 6.45) is -2.48. The Morgan fingerprint density at radius 2 is 1.62 bits per heavy atom. The van der Waals surface area contributed by atoms with Crippen molar-refractivity contribution in [2.45, 2.75) is 56.3 Å². The molecule has 0 radical (unpaired) electrons. The monoisotopic (exact) mass is 786 g/mol. The summed E-state index contributed by atoms with van der Waals surface area (Å²) in [6, 6.07) is 0. The van der Waals surface area contributed by atoms with Gasteiger partial charge in [0, 0.05) is 6.42 Å². The maximum absolute atomic E-state index is 12.4. The van der Waals surface area contributed by atoms with Gasteiger partial charge in [0.05, 0.1) is 91.2 Å². The number of aliphatic hydroxyl groups is 3. The molecule has 0 bridgehead atoms. The third-order valence-electron chi connectivity index (χ3n) is 7.59. The SMILES string of the molecule is O=P(O)(OC[C@H]1OC[C@H](O)[C@@H]1O)OP(=O)(O)OC[C@H]1O[C@@H](n2cnc3c(NCc4cn(CCOCCOCCOCCF)nn4)ncnc32)C[C@@H]1O. The first-order chi connectivity index (χ1) is 24.9. The van der Waals surface area contributed by atoms with Crippen LogP contribution in [-0.4, -0.2) is 156 Å². The Morgan fingerprint density at radius 1 is 0.923 bits per heavy atom. The number of phosphoric ester groups is 2. The number of hydrogen-bond acceptors (Lipinski definition) is 19. The molecule has 2 saturated heterocycles. The molecule has 0 saturated carbocycles. The van der Waals surface area contributed by atoms with Crippen molar-refractivity contribution in [1.82, 2.24) is 34.5 Å². The Bertz CT molecular complexity index is 1660. The van der Waals surface area contributed by atoms with E-state index in [1.807, 2.05) is 0 Å². The molecule has 0 aromatic carbocycles. The number of nitrogens with zero attached hydrogens (tertiary/aromatic N) is 7. The standard InChI is InChI=1S/C26H41FN8O15P2/c27-1-3-43-5-7-45-8-6-44-4-2-34-11-17(32-33-34)10-28-25-23-26(30-15-29-25)35(16-31-23)22-9-18(36)20(49-22)13-47-51(39,40)50-52(41,42)48-14-21-24(38)19(37)12-46-21/h11,15-16,18-22,24,36-38H,1-10,12-14H2,(H,39,40)(H,41,42)(H,28,29,30)/t18-,19-,20+,21+,22+,24-/m0/s1. The molecule has 2 unspecified atom stereocenters. The van der Waals surface area contributed by atoms with Crippen LogP contribution in [0.15, 0.2) is 18.9 Å². The summed E-state index contributed by atoms with van der Waals surface area (Å²) in [6.45, 7) is 0.408. The minimum absolute atomic E-state index is 0.0103. The van der Waals surface area contributed by atoms with E-state index in [-0.39, 0.29) is 26.2 Å². The average Bonchev–Trinajstić information content (AvgIpc) is 3.90. The first-order valence-electron chi connectivity index (χ1n) is 16.0. The van der Waals surface area contributed by atoms with Crippen molar-refractivity contribution < 1.29 is 75.7 Å². The van der Waals surface area contributed by atoms with Crippen molar-refractivity contribution in [3.05, 3.63) is 24.5 Å². The zero-order chi connectivity index (χ0) is 37.1. The normalized spacial score (nSPS) is 25.8. The molecule has 0 aliphatic carbocycles. The number of phosphoric acid groups is 2. The van der Waals surface area contributed by atoms with Gasteiger partial charge in [0.25, 0.3) is 0 Å². The molecule has 6 N–H and O–H groups in total. The zero-order valence-corrected chi connectivity index (χ0v) is 29.4. The van der Waals surface area contributed by atoms with E-state index in [1.54, 1.807) is 10.9 Å². The van der Waals surface area contributed by atoms with Crippen LogP contribution < -0.4 is 5.32 Å². The van der Waals surface area contributed by atoms with Crippen molar-refractivity contribution in [3.8, 4) is 0 Å². The van der Waals surface area contributed by atoms with Crippen LogP contribution in [0.2, 0.25) is 0 Å². The van der Waals surface area contributed by atoms with Crippen molar-refractivity contribution in [1.29, 1.82) is 0 Å². The zero-order valence-electron chi connectivity index (χ0n) is 27.6. The lowest BCUT2D eigenvalue weighted by Crippen LogP contribution is -2.32. The van der Waals surface area contributed by atoms with Gasteiger partial charge in [-0.25, -0.2) is 33.2 Å². The number of halogens is 1. The second kappa shape index (κ2) is 19.1. The molecule has 2 aliphatic rings. The van der Waals surface area contributed by atoms with Gasteiger partial charge in [-0.1, -0.05) is 5.21 Å². The molecule has 52 heavy (non-hydrogen) atoms. The molecule has 23 nitrogen and oxygen atoms in total. The molecule has 0 amide bonds. The van der Waals surface area contributed by atoms with Gasteiger partial charge in [0.1, 0.15) is 49.3 Å². The van der Waals surface area contributed by atoms with Gasteiger partial charge >= 0.3 is 15.6 Å². The highest BCUT2D eigenvalue weighted by Gasteiger charge is 2.42. The molecule has 3 aromatic heterocycles. The molecule has 8 atom stereocenters. The maximum atomic E-state index is 12.4. The molecular weight excluding hydrogens is 745 g/mol. The lowest BCUT2D eigenvalue weighted by Gasteiger charge is -2.20. The highest BCUT2D eigenvalue weighted by Crippen LogP contribution is 2.60. The number of nitrogens with one attached hydrogen (secondary N) is 1. The molecule has 5 heterocycles. The van der Waals surface area contributed by atoms with E-state index in [1.165, 1.54) is 17.2 Å². The second-order valence-electron chi connectivity index (χ2n) is 11.4. The Kier molecular flexibility index (Phi) is 14.9. The summed E-state index contributed by atoms with van der Waals surface area (Å²) in [7, 11) is -10.4. The Labute approximate surface area is 295 Å². The van der Waals surface area contributed by atoms with E-state index in [0.29, 0.717) is 62.3 Å². The number of alkyl halides is 1. The van der Waals surface area contributed by atoms with Crippen LogP contribution in [-0.2, 0) is 59.3 Å². The fourth-order valence-electron chi connectivity index (χ4n) is 5.01. The van der Waals surface area contributed by atoms with Gasteiger partial charge in [-0.3, -0.25) is 13.6 Å². The van der Waals surface area contributed by atoms with Crippen molar-refractivity contribution >= 4 is 32.6 Å². The van der Waals surface area contributed by atoms with Crippen molar-refractivity contribution in [2.24, 2.45) is 0 Å². The highest BCUT2D eigenvalue weighted by molar-refractivity contribution is 7.61. The van der Waals surface area contributed by atoms with Gasteiger partial charge in [-0.15, -0.1) is 5.10 Å². The van der Waals surface area contributed by atoms with E-state index >= 15 is 0 Å². The van der Waals surface area contributed by atoms with Crippen molar-refractivity contribution in [2.75, 3.05) is 71.5 Å². The van der Waals surface area contributed by atoms with Crippen LogP contribution in [0.1, 0.15) is 18.3 Å². The largest absolute Gasteiger partial charge is 0.481 e. The third kappa shape index (κ3) is 11.7. The average molecular weight is 787 g/mol. The lowest BCUT2D eigenvalue weighted by molar-refractivity contribution is -0.0428. The van der Waals surface area contributed by atoms with E-state index in [4.69, 9.17) is 28.2 Å². The molecular formula is C26H41FN8O15P2. The number of aromatic nitrogens is 7. The first-order valence-corrected chi connectivity index (χ1v) is 19.0. The van der Waals surface area contributed by atoms with E-state index in [0.717, 1.165) is 0 Å². The van der Waals surface area contributed by atoms with Gasteiger partial charge < -0.3 is 54.1 Å². The van der Waals surface area contributed by atoms with Crippen LogP contribution in [0, 0.1) is 0 Å². The predicted octanol–water partition coefficient (Wildman–Crippen LogP) is -0.931. The highest BCUT2D eigenvalue weighted by atomic mass is 31.3. The van der Waals surface area contributed by atoms with Gasteiger partial charge in [-0.2, -0.15) is 4.31 Å². The first kappa shape index (κ1) is 40.5. The summed E-state index contributed by atoms with van der Waals surface area (Å²) >= 11 is 0. The van der Waals surface area contributed by atoms with E-state index in [9.17, 15) is 38.6 Å². The minimum Gasteiger partial charge on any atom is -0.390 e. The summed E-state index contributed by atoms with van der Waals surface area (Å²) < 4.78 is 80.1. The van der Waals surface area contributed by atoms with Crippen LogP contribution in [0.4, 0.5) is 10.2 Å². The molecule has 5 rings (SSSR count). The Balaban J connectivity index is 1.05. The number of fused-ring (bicyclic) bond motifs is 1. The molecule has 292 valence electrons. The number of anilines is 1. The summed E-state index contributed by atoms with van der Waals surface area (Å²) in [5, 5.41) is 41.2. The Hall–Kier alpha value is -2.64. The number of rotatable bonds is 23. The predicted molar refractivity (Wildman–Crippen MR) is 170 cm³/mol. The molecule has 3 aromatic rings. The number of aliphatic hydroxyl groups excluding tert-OH is 3. The fourth-order valence-corrected chi connectivity index (χ4v) is 7.10. The molecule has 26 heteroatoms. The molecule has 2 aliphatic heterocycles. The smallest absolute Gasteiger partial charge is 0.390 e. The second-order valence-corrected chi connectivity index (χ2v) is 14.4. The van der Waals surface area contributed by atoms with Crippen LogP contribution in [0.3, 0.4) is 0 Å². The lowest BCUT2D eigenvalue weighted by atomic mass is 10.2. The van der Waals surface area contributed by atoms with Gasteiger partial charge in [0.2, 0.25) is 0 Å². The molecule has 0 spiro atoms. The summed E-state index contributed by atoms with van der Waals surface area (Å²) in [5.74, 6) is 0.384. The van der Waals surface area contributed by atoms with Gasteiger partial charge in [-0.05, 0) is 0 Å². The number of imidazole rings is 1. The third-order valence-corrected chi connectivity index (χ3v) is 10.2. The number of ether oxygens (including phenoxy) is 5. The molecule has 2 fully saturated rings. The maximum Gasteiger partial charge on any atom is 0.481 e. The summed E-state index contributed by atoms with van der Waals surface area (Å²) in [4.78, 5) is 32.8.